The smallest absolute Gasteiger partial charge is 0.0965 e. The molecule has 0 saturated heterocycles. The van der Waals surface area contributed by atoms with Gasteiger partial charge in [-0.3, -0.25) is 9.36 Å². The number of nitrogens with zero attached hydrogens (tertiary/aromatic N) is 6. The molecule has 0 aliphatic rings. The topological polar surface area (TPSA) is 53.5 Å². The van der Waals surface area contributed by atoms with Crippen LogP contribution >= 0.6 is 0 Å². The van der Waals surface area contributed by atoms with Gasteiger partial charge in [-0.25, -0.2) is 4.68 Å². The van der Waals surface area contributed by atoms with Crippen LogP contribution in [0.3, 0.4) is 0 Å². The summed E-state index contributed by atoms with van der Waals surface area (Å²) in [5, 5.41) is 13.4. The molecule has 0 spiro atoms. The second-order valence-corrected chi connectivity index (χ2v) is 5.97. The van der Waals surface area contributed by atoms with Gasteiger partial charge in [-0.05, 0) is 30.7 Å². The normalized spacial score (nSPS) is 11.1. The monoisotopic (exact) mass is 318 g/mol. The Bertz CT molecular complexity index is 1000. The van der Waals surface area contributed by atoms with Crippen molar-refractivity contribution >= 4 is 0 Å². The molecule has 120 valence electrons. The Hall–Kier alpha value is -3.15. The van der Waals surface area contributed by atoms with Gasteiger partial charge in [-0.2, -0.15) is 15.3 Å². The lowest BCUT2D eigenvalue weighted by Gasteiger charge is -2.06. The number of aromatic nitrogens is 6. The first-order valence-electron chi connectivity index (χ1n) is 7.75. The first kappa shape index (κ1) is 14.4. The van der Waals surface area contributed by atoms with Gasteiger partial charge in [-0.1, -0.05) is 12.1 Å². The Morgan fingerprint density at radius 1 is 0.875 bits per heavy atom. The molecule has 24 heavy (non-hydrogen) atoms. The van der Waals surface area contributed by atoms with Crippen molar-refractivity contribution in [1.29, 1.82) is 0 Å². The fraction of sp³-hybridized carbons (Fsp3) is 0.167. The fourth-order valence-electron chi connectivity index (χ4n) is 2.79. The molecule has 6 nitrogen and oxygen atoms in total. The highest BCUT2D eigenvalue weighted by molar-refractivity contribution is 5.69. The largest absolute Gasteiger partial charge is 0.275 e. The van der Waals surface area contributed by atoms with Gasteiger partial charge in [0.15, 0.2) is 0 Å². The fourth-order valence-corrected chi connectivity index (χ4v) is 2.79. The Balaban J connectivity index is 1.91. The SMILES string of the molecule is Cc1cccc(-n2nc(-c3cnn(C)c3)cc2-c2cnn(C)c2)c1. The molecule has 0 amide bonds. The minimum absolute atomic E-state index is 0.892. The van der Waals surface area contributed by atoms with Crippen LogP contribution in [0.2, 0.25) is 0 Å². The molecule has 0 radical (unpaired) electrons. The first-order valence-corrected chi connectivity index (χ1v) is 7.75. The Morgan fingerprint density at radius 2 is 1.58 bits per heavy atom. The number of aryl methyl sites for hydroxylation is 3. The third kappa shape index (κ3) is 2.52. The summed E-state index contributed by atoms with van der Waals surface area (Å²) in [6.07, 6.45) is 7.65. The lowest BCUT2D eigenvalue weighted by Crippen LogP contribution is -1.99. The van der Waals surface area contributed by atoms with E-state index < -0.39 is 0 Å². The molecule has 0 fully saturated rings. The average molecular weight is 318 g/mol. The van der Waals surface area contributed by atoms with Gasteiger partial charge >= 0.3 is 0 Å². The van der Waals surface area contributed by atoms with Crippen molar-refractivity contribution in [3.8, 4) is 28.2 Å². The van der Waals surface area contributed by atoms with Crippen molar-refractivity contribution in [3.63, 3.8) is 0 Å². The maximum absolute atomic E-state index is 4.82. The molecule has 1 aromatic carbocycles. The highest BCUT2D eigenvalue weighted by atomic mass is 15.3. The van der Waals surface area contributed by atoms with Crippen LogP contribution in [0.4, 0.5) is 0 Å². The van der Waals surface area contributed by atoms with Gasteiger partial charge in [0.05, 0.1) is 29.5 Å². The maximum Gasteiger partial charge on any atom is 0.0965 e. The lowest BCUT2D eigenvalue weighted by atomic mass is 10.2. The van der Waals surface area contributed by atoms with Crippen LogP contribution in [-0.2, 0) is 14.1 Å². The minimum atomic E-state index is 0.892. The van der Waals surface area contributed by atoms with Gasteiger partial charge in [0, 0.05) is 37.6 Å². The summed E-state index contributed by atoms with van der Waals surface area (Å²) >= 11 is 0. The lowest BCUT2D eigenvalue weighted by molar-refractivity contribution is 0.767. The Labute approximate surface area is 140 Å². The predicted octanol–water partition coefficient (Wildman–Crippen LogP) is 2.98. The van der Waals surface area contributed by atoms with Gasteiger partial charge in [0.2, 0.25) is 0 Å². The number of hydrogen-bond donors (Lipinski definition) is 0. The zero-order valence-corrected chi connectivity index (χ0v) is 13.9. The number of hydrogen-bond acceptors (Lipinski definition) is 3. The van der Waals surface area contributed by atoms with E-state index in [9.17, 15) is 0 Å². The predicted molar refractivity (Wildman–Crippen MR) is 92.7 cm³/mol. The second-order valence-electron chi connectivity index (χ2n) is 5.97. The molecule has 0 saturated carbocycles. The third-order valence-electron chi connectivity index (χ3n) is 3.96. The summed E-state index contributed by atoms with van der Waals surface area (Å²) in [7, 11) is 3.82. The van der Waals surface area contributed by atoms with Gasteiger partial charge in [0.1, 0.15) is 0 Å². The average Bonchev–Trinajstić information content (AvgIpc) is 3.26. The second kappa shape index (κ2) is 5.49. The van der Waals surface area contributed by atoms with E-state index in [1.165, 1.54) is 5.56 Å². The summed E-state index contributed by atoms with van der Waals surface area (Å²) in [5.74, 6) is 0. The van der Waals surface area contributed by atoms with Crippen molar-refractivity contribution < 1.29 is 0 Å². The highest BCUT2D eigenvalue weighted by Crippen LogP contribution is 2.28. The van der Waals surface area contributed by atoms with Gasteiger partial charge in [-0.15, -0.1) is 0 Å². The quantitative estimate of drug-likeness (QED) is 0.583. The Morgan fingerprint density at radius 3 is 2.21 bits per heavy atom. The third-order valence-corrected chi connectivity index (χ3v) is 3.96. The van der Waals surface area contributed by atoms with Crippen LogP contribution in [0.5, 0.6) is 0 Å². The standard InChI is InChI=1S/C18H18N6/c1-13-5-4-6-16(7-13)24-18(15-10-20-23(3)12-15)8-17(21-24)14-9-19-22(2)11-14/h4-12H,1-3H3. The maximum atomic E-state index is 4.82. The number of benzene rings is 1. The van der Waals surface area contributed by atoms with E-state index in [-0.39, 0.29) is 0 Å². The zero-order valence-electron chi connectivity index (χ0n) is 13.9. The van der Waals surface area contributed by atoms with E-state index >= 15 is 0 Å². The van der Waals surface area contributed by atoms with E-state index in [4.69, 9.17) is 5.10 Å². The Kier molecular flexibility index (Phi) is 3.30. The van der Waals surface area contributed by atoms with Crippen LogP contribution < -0.4 is 0 Å². The van der Waals surface area contributed by atoms with Crippen LogP contribution in [0.15, 0.2) is 55.1 Å². The summed E-state index contributed by atoms with van der Waals surface area (Å²) in [6.45, 7) is 2.08. The molecular formula is C18H18N6. The van der Waals surface area contributed by atoms with Crippen molar-refractivity contribution in [3.05, 3.63) is 60.7 Å². The summed E-state index contributed by atoms with van der Waals surface area (Å²) in [4.78, 5) is 0. The summed E-state index contributed by atoms with van der Waals surface area (Å²) in [5.41, 5.74) is 6.15. The molecule has 0 bridgehead atoms. The minimum Gasteiger partial charge on any atom is -0.275 e. The van der Waals surface area contributed by atoms with E-state index in [1.807, 2.05) is 49.6 Å². The van der Waals surface area contributed by atoms with E-state index in [1.54, 1.807) is 9.36 Å². The molecule has 4 aromatic rings. The molecule has 0 N–H and O–H groups in total. The van der Waals surface area contributed by atoms with Crippen LogP contribution in [0, 0.1) is 6.92 Å². The summed E-state index contributed by atoms with van der Waals surface area (Å²) in [6, 6.07) is 10.4. The van der Waals surface area contributed by atoms with E-state index in [2.05, 4.69) is 41.4 Å². The van der Waals surface area contributed by atoms with Crippen LogP contribution in [0.25, 0.3) is 28.2 Å². The van der Waals surface area contributed by atoms with E-state index in [0.29, 0.717) is 0 Å². The molecule has 0 aliphatic carbocycles. The first-order chi connectivity index (χ1) is 11.6. The molecule has 0 unspecified atom stereocenters. The molecule has 4 rings (SSSR count). The zero-order chi connectivity index (χ0) is 16.7. The van der Waals surface area contributed by atoms with Gasteiger partial charge < -0.3 is 0 Å². The van der Waals surface area contributed by atoms with Crippen LogP contribution in [-0.4, -0.2) is 29.3 Å². The van der Waals surface area contributed by atoms with Crippen molar-refractivity contribution in [2.24, 2.45) is 14.1 Å². The molecule has 3 aromatic heterocycles. The van der Waals surface area contributed by atoms with Crippen molar-refractivity contribution in [2.45, 2.75) is 6.92 Å². The summed E-state index contributed by atoms with van der Waals surface area (Å²) < 4.78 is 5.55. The molecule has 3 heterocycles. The van der Waals surface area contributed by atoms with E-state index in [0.717, 1.165) is 28.2 Å². The number of rotatable bonds is 3. The molecular weight excluding hydrogens is 300 g/mol. The van der Waals surface area contributed by atoms with Crippen molar-refractivity contribution in [2.75, 3.05) is 0 Å². The van der Waals surface area contributed by atoms with Crippen molar-refractivity contribution in [1.82, 2.24) is 29.3 Å². The molecule has 0 aliphatic heterocycles. The van der Waals surface area contributed by atoms with Gasteiger partial charge in [0.25, 0.3) is 0 Å². The molecule has 0 atom stereocenters. The molecule has 6 heteroatoms. The van der Waals surface area contributed by atoms with Crippen LogP contribution in [0.1, 0.15) is 5.56 Å². The highest BCUT2D eigenvalue weighted by Gasteiger charge is 2.15.